The second-order valence-electron chi connectivity index (χ2n) is 4.19. The average Bonchev–Trinajstić information content (AvgIpc) is 2.75. The highest BCUT2D eigenvalue weighted by Crippen LogP contribution is 2.14. The van der Waals surface area contributed by atoms with Crippen LogP contribution in [0, 0.1) is 11.3 Å². The zero-order valence-corrected chi connectivity index (χ0v) is 11.1. The predicted molar refractivity (Wildman–Crippen MR) is 71.4 cm³/mol. The third-order valence-electron chi connectivity index (χ3n) is 2.83. The van der Waals surface area contributed by atoms with Gasteiger partial charge in [0.15, 0.2) is 0 Å². The Kier molecular flexibility index (Phi) is 4.00. The molecule has 0 spiro atoms. The number of nitriles is 1. The van der Waals surface area contributed by atoms with E-state index < -0.39 is 24.5 Å². The lowest BCUT2D eigenvalue weighted by atomic mass is 10.1. The smallest absolute Gasteiger partial charge is 0.329 e. The maximum Gasteiger partial charge on any atom is 0.329 e. The summed E-state index contributed by atoms with van der Waals surface area (Å²) in [5.41, 5.74) is 1.21. The van der Waals surface area contributed by atoms with E-state index in [1.54, 1.807) is 24.3 Å². The minimum atomic E-state index is -0.682. The molecule has 1 N–H and O–H groups in total. The summed E-state index contributed by atoms with van der Waals surface area (Å²) in [5.74, 6) is -1.28. The number of nitrogens with one attached hydrogen (secondary N) is 1. The Morgan fingerprint density at radius 1 is 1.38 bits per heavy atom. The fraction of sp³-hybridized carbons (Fsp3) is 0.143. The second-order valence-corrected chi connectivity index (χ2v) is 4.19. The van der Waals surface area contributed by atoms with Crippen molar-refractivity contribution in [1.82, 2.24) is 10.2 Å². The molecule has 21 heavy (non-hydrogen) atoms. The quantitative estimate of drug-likeness (QED) is 0.498. The van der Waals surface area contributed by atoms with Crippen LogP contribution in [0.1, 0.15) is 11.1 Å². The first kappa shape index (κ1) is 14.3. The van der Waals surface area contributed by atoms with Gasteiger partial charge in [-0.05, 0) is 23.8 Å². The Morgan fingerprint density at radius 3 is 2.62 bits per heavy atom. The number of amides is 3. The minimum absolute atomic E-state index is 0.0635. The van der Waals surface area contributed by atoms with E-state index in [4.69, 9.17) is 5.26 Å². The molecule has 1 fully saturated rings. The Balaban J connectivity index is 2.19. The highest BCUT2D eigenvalue weighted by Gasteiger charge is 2.35. The van der Waals surface area contributed by atoms with E-state index in [1.807, 2.05) is 6.07 Å². The van der Waals surface area contributed by atoms with Gasteiger partial charge in [0, 0.05) is 0 Å². The summed E-state index contributed by atoms with van der Waals surface area (Å²) < 4.78 is 4.42. The van der Waals surface area contributed by atoms with Gasteiger partial charge in [0.05, 0.1) is 18.7 Å². The molecule has 1 aliphatic rings. The van der Waals surface area contributed by atoms with Gasteiger partial charge in [0.25, 0.3) is 5.91 Å². The number of imide groups is 1. The van der Waals surface area contributed by atoms with Crippen molar-refractivity contribution < 1.29 is 19.1 Å². The van der Waals surface area contributed by atoms with Gasteiger partial charge in [-0.1, -0.05) is 12.1 Å². The molecule has 1 aromatic rings. The molecule has 1 heterocycles. The summed E-state index contributed by atoms with van der Waals surface area (Å²) in [6.07, 6.45) is 1.47. The first-order valence-electron chi connectivity index (χ1n) is 5.96. The normalized spacial score (nSPS) is 15.8. The largest absolute Gasteiger partial charge is 0.468 e. The molecule has 2 rings (SSSR count). The van der Waals surface area contributed by atoms with E-state index in [-0.39, 0.29) is 5.70 Å². The molecule has 1 saturated heterocycles. The Labute approximate surface area is 120 Å². The monoisotopic (exact) mass is 285 g/mol. The lowest BCUT2D eigenvalue weighted by Gasteiger charge is -2.08. The van der Waals surface area contributed by atoms with Crippen LogP contribution in [0.3, 0.4) is 0 Å². The lowest BCUT2D eigenvalue weighted by molar-refractivity contribution is -0.143. The van der Waals surface area contributed by atoms with Crippen LogP contribution in [0.5, 0.6) is 0 Å². The van der Waals surface area contributed by atoms with E-state index >= 15 is 0 Å². The van der Waals surface area contributed by atoms with Crippen molar-refractivity contribution in [2.45, 2.75) is 0 Å². The Bertz CT molecular complexity index is 670. The zero-order chi connectivity index (χ0) is 15.4. The van der Waals surface area contributed by atoms with E-state index in [2.05, 4.69) is 10.1 Å². The topological polar surface area (TPSA) is 99.5 Å². The van der Waals surface area contributed by atoms with Crippen molar-refractivity contribution in [2.24, 2.45) is 0 Å². The van der Waals surface area contributed by atoms with E-state index in [1.165, 1.54) is 13.2 Å². The lowest BCUT2D eigenvalue weighted by Crippen LogP contribution is -2.36. The van der Waals surface area contributed by atoms with Crippen LogP contribution in [0.4, 0.5) is 4.79 Å². The number of carbonyl (C=O) groups excluding carboxylic acids is 3. The number of hydrogen-bond donors (Lipinski definition) is 1. The standard InChI is InChI=1S/C14H11N3O4/c1-21-12(18)8-17-13(19)11(16-14(17)20)6-9-2-4-10(7-15)5-3-9/h2-6H,8H2,1H3,(H,16,20). The van der Waals surface area contributed by atoms with Crippen molar-refractivity contribution in [3.05, 3.63) is 41.1 Å². The molecule has 3 amide bonds. The molecule has 0 aliphatic carbocycles. The molecular weight excluding hydrogens is 274 g/mol. The van der Waals surface area contributed by atoms with E-state index in [0.717, 1.165) is 4.90 Å². The molecule has 0 bridgehead atoms. The van der Waals surface area contributed by atoms with Crippen LogP contribution >= 0.6 is 0 Å². The number of benzene rings is 1. The second kappa shape index (κ2) is 5.88. The predicted octanol–water partition coefficient (Wildman–Crippen LogP) is 0.624. The molecule has 0 aromatic heterocycles. The Morgan fingerprint density at radius 2 is 2.05 bits per heavy atom. The number of carbonyl (C=O) groups is 3. The third kappa shape index (κ3) is 3.06. The first-order valence-corrected chi connectivity index (χ1v) is 5.96. The van der Waals surface area contributed by atoms with Gasteiger partial charge < -0.3 is 10.1 Å². The van der Waals surface area contributed by atoms with Crippen LogP contribution in [-0.4, -0.2) is 36.5 Å². The van der Waals surface area contributed by atoms with Crippen LogP contribution in [0.2, 0.25) is 0 Å². The number of rotatable bonds is 3. The molecular formula is C14H11N3O4. The van der Waals surface area contributed by atoms with Crippen LogP contribution in [0.15, 0.2) is 30.0 Å². The van der Waals surface area contributed by atoms with Crippen LogP contribution < -0.4 is 5.32 Å². The summed E-state index contributed by atoms with van der Waals surface area (Å²) in [4.78, 5) is 35.6. The average molecular weight is 285 g/mol. The summed E-state index contributed by atoms with van der Waals surface area (Å²) >= 11 is 0. The van der Waals surface area contributed by atoms with Crippen molar-refractivity contribution in [1.29, 1.82) is 5.26 Å². The molecule has 1 aliphatic heterocycles. The van der Waals surface area contributed by atoms with Gasteiger partial charge in [0.2, 0.25) is 0 Å². The summed E-state index contributed by atoms with van der Waals surface area (Å²) in [6, 6.07) is 7.79. The van der Waals surface area contributed by atoms with Gasteiger partial charge in [-0.3, -0.25) is 9.59 Å². The van der Waals surface area contributed by atoms with Gasteiger partial charge in [-0.15, -0.1) is 0 Å². The molecule has 0 radical (unpaired) electrons. The molecule has 106 valence electrons. The molecule has 0 unspecified atom stereocenters. The number of ether oxygens (including phenoxy) is 1. The van der Waals surface area contributed by atoms with E-state index in [0.29, 0.717) is 11.1 Å². The Hall–Kier alpha value is -3.14. The van der Waals surface area contributed by atoms with Crippen molar-refractivity contribution in [3.8, 4) is 6.07 Å². The molecule has 0 saturated carbocycles. The first-order chi connectivity index (χ1) is 10.0. The number of nitrogens with zero attached hydrogens (tertiary/aromatic N) is 2. The summed E-state index contributed by atoms with van der Waals surface area (Å²) in [5, 5.41) is 11.1. The number of hydrogen-bond acceptors (Lipinski definition) is 5. The third-order valence-corrected chi connectivity index (χ3v) is 2.83. The van der Waals surface area contributed by atoms with Crippen molar-refractivity contribution in [2.75, 3.05) is 13.7 Å². The maximum atomic E-state index is 12.0. The maximum absolute atomic E-state index is 12.0. The number of methoxy groups -OCH3 is 1. The van der Waals surface area contributed by atoms with Crippen molar-refractivity contribution >= 4 is 24.0 Å². The van der Waals surface area contributed by atoms with E-state index in [9.17, 15) is 14.4 Å². The highest BCUT2D eigenvalue weighted by molar-refractivity contribution is 6.15. The fourth-order valence-corrected chi connectivity index (χ4v) is 1.73. The number of urea groups is 1. The van der Waals surface area contributed by atoms with Crippen LogP contribution in [0.25, 0.3) is 6.08 Å². The van der Waals surface area contributed by atoms with Gasteiger partial charge in [-0.2, -0.15) is 5.26 Å². The minimum Gasteiger partial charge on any atom is -0.468 e. The molecule has 0 atom stereocenters. The SMILES string of the molecule is COC(=O)CN1C(=O)NC(=Cc2ccc(C#N)cc2)C1=O. The summed E-state index contributed by atoms with van der Waals surface area (Å²) in [6.45, 7) is -0.439. The molecule has 1 aromatic carbocycles. The zero-order valence-electron chi connectivity index (χ0n) is 11.1. The summed E-state index contributed by atoms with van der Waals surface area (Å²) in [7, 11) is 1.17. The number of esters is 1. The van der Waals surface area contributed by atoms with Gasteiger partial charge in [0.1, 0.15) is 12.2 Å². The molecule has 7 heteroatoms. The van der Waals surface area contributed by atoms with Crippen LogP contribution in [-0.2, 0) is 14.3 Å². The van der Waals surface area contributed by atoms with Gasteiger partial charge >= 0.3 is 12.0 Å². The molecule has 7 nitrogen and oxygen atoms in total. The van der Waals surface area contributed by atoms with Crippen molar-refractivity contribution in [3.63, 3.8) is 0 Å². The van der Waals surface area contributed by atoms with Gasteiger partial charge in [-0.25, -0.2) is 9.69 Å². The fourth-order valence-electron chi connectivity index (χ4n) is 1.73. The highest BCUT2D eigenvalue weighted by atomic mass is 16.5.